The molecule has 0 aromatic heterocycles. The molecule has 4 nitrogen and oxygen atoms in total. The number of methoxy groups -OCH3 is 1. The van der Waals surface area contributed by atoms with E-state index in [1.54, 1.807) is 18.2 Å². The lowest BCUT2D eigenvalue weighted by Gasteiger charge is -2.08. The Bertz CT molecular complexity index is 588. The Kier molecular flexibility index (Phi) is 4.55. The van der Waals surface area contributed by atoms with Crippen molar-refractivity contribution in [2.45, 2.75) is 6.54 Å². The lowest BCUT2D eigenvalue weighted by Crippen LogP contribution is -2.28. The normalized spacial score (nSPS) is 9.90. The van der Waals surface area contributed by atoms with E-state index in [0.717, 1.165) is 0 Å². The summed E-state index contributed by atoms with van der Waals surface area (Å²) < 4.78 is 18.3. The number of benzene rings is 2. The molecule has 0 unspecified atom stereocenters. The zero-order valence-corrected chi connectivity index (χ0v) is 11.0. The Labute approximate surface area is 116 Å². The number of ether oxygens (including phenoxy) is 1. The van der Waals surface area contributed by atoms with E-state index in [9.17, 15) is 9.18 Å². The van der Waals surface area contributed by atoms with Crippen LogP contribution < -0.4 is 15.4 Å². The van der Waals surface area contributed by atoms with Crippen molar-refractivity contribution < 1.29 is 13.9 Å². The van der Waals surface area contributed by atoms with E-state index >= 15 is 0 Å². The zero-order valence-electron chi connectivity index (χ0n) is 11.0. The van der Waals surface area contributed by atoms with Crippen molar-refractivity contribution in [3.8, 4) is 5.75 Å². The second-order valence-corrected chi connectivity index (χ2v) is 4.14. The van der Waals surface area contributed by atoms with Gasteiger partial charge in [-0.2, -0.15) is 0 Å². The molecule has 0 bridgehead atoms. The highest BCUT2D eigenvalue weighted by molar-refractivity contribution is 5.89. The highest BCUT2D eigenvalue weighted by Crippen LogP contribution is 2.17. The van der Waals surface area contributed by atoms with Crippen LogP contribution in [0.4, 0.5) is 14.9 Å². The van der Waals surface area contributed by atoms with E-state index < -0.39 is 5.82 Å². The van der Waals surface area contributed by atoms with Gasteiger partial charge in [-0.1, -0.05) is 24.3 Å². The maximum Gasteiger partial charge on any atom is 0.319 e. The number of hydrogen-bond acceptors (Lipinski definition) is 2. The fourth-order valence-electron chi connectivity index (χ4n) is 1.70. The van der Waals surface area contributed by atoms with Gasteiger partial charge in [0.25, 0.3) is 0 Å². The van der Waals surface area contributed by atoms with Gasteiger partial charge in [-0.3, -0.25) is 0 Å². The van der Waals surface area contributed by atoms with E-state index in [-0.39, 0.29) is 18.3 Å². The third-order valence-electron chi connectivity index (χ3n) is 2.70. The van der Waals surface area contributed by atoms with Crippen molar-refractivity contribution in [1.29, 1.82) is 0 Å². The van der Waals surface area contributed by atoms with Crippen molar-refractivity contribution >= 4 is 11.7 Å². The van der Waals surface area contributed by atoms with Crippen LogP contribution in [0.25, 0.3) is 0 Å². The van der Waals surface area contributed by atoms with E-state index in [1.807, 2.05) is 18.2 Å². The quantitative estimate of drug-likeness (QED) is 0.899. The molecule has 0 fully saturated rings. The lowest BCUT2D eigenvalue weighted by atomic mass is 10.2. The number of amides is 2. The molecule has 0 spiro atoms. The average molecular weight is 274 g/mol. The monoisotopic (exact) mass is 274 g/mol. The van der Waals surface area contributed by atoms with Crippen LogP contribution in [0.3, 0.4) is 0 Å². The Hall–Kier alpha value is -2.56. The van der Waals surface area contributed by atoms with Crippen molar-refractivity contribution in [1.82, 2.24) is 5.32 Å². The summed E-state index contributed by atoms with van der Waals surface area (Å²) in [6.07, 6.45) is 0. The molecule has 2 rings (SSSR count). The molecule has 0 saturated carbocycles. The molecule has 2 aromatic carbocycles. The molecule has 2 amide bonds. The van der Waals surface area contributed by atoms with Gasteiger partial charge in [-0.25, -0.2) is 9.18 Å². The van der Waals surface area contributed by atoms with Crippen LogP contribution in [0.15, 0.2) is 48.5 Å². The second-order valence-electron chi connectivity index (χ2n) is 4.14. The predicted molar refractivity (Wildman–Crippen MR) is 75.3 cm³/mol. The number of nitrogens with one attached hydrogen (secondary N) is 2. The van der Waals surface area contributed by atoms with Crippen molar-refractivity contribution in [2.24, 2.45) is 0 Å². The number of urea groups is 1. The van der Waals surface area contributed by atoms with Crippen molar-refractivity contribution in [3.63, 3.8) is 0 Å². The third kappa shape index (κ3) is 3.71. The van der Waals surface area contributed by atoms with Gasteiger partial charge in [-0.15, -0.1) is 0 Å². The molecule has 0 atom stereocenters. The van der Waals surface area contributed by atoms with Crippen LogP contribution in [0, 0.1) is 5.82 Å². The largest absolute Gasteiger partial charge is 0.494 e. The van der Waals surface area contributed by atoms with Gasteiger partial charge in [0.2, 0.25) is 0 Å². The number of rotatable bonds is 4. The highest BCUT2D eigenvalue weighted by Gasteiger charge is 2.05. The average Bonchev–Trinajstić information content (AvgIpc) is 2.46. The summed E-state index contributed by atoms with van der Waals surface area (Å²) in [6, 6.07) is 13.3. The molecule has 104 valence electrons. The van der Waals surface area contributed by atoms with Gasteiger partial charge in [0.1, 0.15) is 0 Å². The Morgan fingerprint density at radius 3 is 2.60 bits per heavy atom. The molecule has 0 saturated heterocycles. The first-order valence-electron chi connectivity index (χ1n) is 6.11. The Morgan fingerprint density at radius 2 is 1.95 bits per heavy atom. The van der Waals surface area contributed by atoms with Gasteiger partial charge in [0.15, 0.2) is 11.6 Å². The van der Waals surface area contributed by atoms with Gasteiger partial charge in [0, 0.05) is 12.2 Å². The number of carbonyl (C=O) groups is 1. The van der Waals surface area contributed by atoms with Crippen LogP contribution in [0.2, 0.25) is 0 Å². The SMILES string of the molecule is COc1ccc(CNC(=O)Nc2ccccc2)cc1F. The molecule has 5 heteroatoms. The first-order valence-corrected chi connectivity index (χ1v) is 6.11. The van der Waals surface area contributed by atoms with Crippen LogP contribution in [-0.2, 0) is 6.54 Å². The predicted octanol–water partition coefficient (Wildman–Crippen LogP) is 3.16. The number of anilines is 1. The van der Waals surface area contributed by atoms with Crippen LogP contribution >= 0.6 is 0 Å². The first kappa shape index (κ1) is 13.9. The third-order valence-corrected chi connectivity index (χ3v) is 2.70. The summed E-state index contributed by atoms with van der Waals surface area (Å²) in [6.45, 7) is 0.236. The van der Waals surface area contributed by atoms with Crippen molar-refractivity contribution in [2.75, 3.05) is 12.4 Å². The van der Waals surface area contributed by atoms with Crippen molar-refractivity contribution in [3.05, 3.63) is 59.9 Å². The van der Waals surface area contributed by atoms with Gasteiger partial charge in [-0.05, 0) is 29.8 Å². The molecule has 20 heavy (non-hydrogen) atoms. The topological polar surface area (TPSA) is 50.4 Å². The summed E-state index contributed by atoms with van der Waals surface area (Å²) in [5.74, 6) is -0.266. The molecular formula is C15H15FN2O2. The van der Waals surface area contributed by atoms with Gasteiger partial charge < -0.3 is 15.4 Å². The zero-order chi connectivity index (χ0) is 14.4. The lowest BCUT2D eigenvalue weighted by molar-refractivity contribution is 0.251. The standard InChI is InChI=1S/C15H15FN2O2/c1-20-14-8-7-11(9-13(14)16)10-17-15(19)18-12-5-3-2-4-6-12/h2-9H,10H2,1H3,(H2,17,18,19). The Morgan fingerprint density at radius 1 is 1.20 bits per heavy atom. The maximum absolute atomic E-state index is 13.5. The van der Waals surface area contributed by atoms with Gasteiger partial charge in [0.05, 0.1) is 7.11 Å². The van der Waals surface area contributed by atoms with Crippen LogP contribution in [0.1, 0.15) is 5.56 Å². The summed E-state index contributed by atoms with van der Waals surface area (Å²) in [7, 11) is 1.41. The number of para-hydroxylation sites is 1. The smallest absolute Gasteiger partial charge is 0.319 e. The molecule has 2 N–H and O–H groups in total. The molecule has 2 aromatic rings. The highest BCUT2D eigenvalue weighted by atomic mass is 19.1. The van der Waals surface area contributed by atoms with E-state index in [0.29, 0.717) is 11.3 Å². The van der Waals surface area contributed by atoms with E-state index in [4.69, 9.17) is 4.74 Å². The summed E-state index contributed by atoms with van der Waals surface area (Å²) in [4.78, 5) is 11.7. The fraction of sp³-hybridized carbons (Fsp3) is 0.133. The molecule has 0 heterocycles. The minimum Gasteiger partial charge on any atom is -0.494 e. The van der Waals surface area contributed by atoms with Gasteiger partial charge >= 0.3 is 6.03 Å². The van der Waals surface area contributed by atoms with E-state index in [1.165, 1.54) is 19.2 Å². The molecular weight excluding hydrogens is 259 g/mol. The first-order chi connectivity index (χ1) is 9.69. The minimum atomic E-state index is -0.449. The molecule has 0 aliphatic heterocycles. The summed E-state index contributed by atoms with van der Waals surface area (Å²) >= 11 is 0. The van der Waals surface area contributed by atoms with E-state index in [2.05, 4.69) is 10.6 Å². The second kappa shape index (κ2) is 6.56. The maximum atomic E-state index is 13.5. The van der Waals surface area contributed by atoms with Crippen LogP contribution in [-0.4, -0.2) is 13.1 Å². The fourth-order valence-corrected chi connectivity index (χ4v) is 1.70. The summed E-state index contributed by atoms with van der Waals surface area (Å²) in [5, 5.41) is 5.34. The molecule has 0 aliphatic rings. The molecule has 0 radical (unpaired) electrons. The number of carbonyl (C=O) groups excluding carboxylic acids is 1. The number of hydrogen-bond donors (Lipinski definition) is 2. The summed E-state index contributed by atoms with van der Waals surface area (Å²) in [5.41, 5.74) is 1.36. The number of halogens is 1. The minimum absolute atomic E-state index is 0.183. The Balaban J connectivity index is 1.89. The van der Waals surface area contributed by atoms with Crippen LogP contribution in [0.5, 0.6) is 5.75 Å². The molecule has 0 aliphatic carbocycles.